The Hall–Kier alpha value is -1.61. The molecule has 0 unspecified atom stereocenters. The first kappa shape index (κ1) is 22.7. The number of thioether (sulfide) groups is 1. The average Bonchev–Trinajstić information content (AvgIpc) is 3.00. The highest BCUT2D eigenvalue weighted by Gasteiger charge is 2.58. The lowest BCUT2D eigenvalue weighted by Gasteiger charge is -2.20. The molecule has 28 heavy (non-hydrogen) atoms. The molecule has 0 atom stereocenters. The van der Waals surface area contributed by atoms with E-state index >= 15 is 0 Å². The molecule has 0 amide bonds. The standard InChI is InChI=1S/C19H20F5NOS2/c1-4-13(26-11-18(20,21)19(22,23)24)10-25-12(3)16-17(27-5-2)14-8-6-7-9-15(14)28-16/h6-10H,4-5,11H2,1-3H3/b13-10+,25-12?. The van der Waals surface area contributed by atoms with Crippen LogP contribution in [0.1, 0.15) is 32.1 Å². The van der Waals surface area contributed by atoms with Crippen LogP contribution in [-0.4, -0.2) is 30.2 Å². The summed E-state index contributed by atoms with van der Waals surface area (Å²) in [6.07, 6.45) is -4.28. The number of nitrogens with zero attached hydrogens (tertiary/aromatic N) is 1. The third-order valence-corrected chi connectivity index (χ3v) is 6.18. The topological polar surface area (TPSA) is 21.6 Å². The molecule has 0 aliphatic heterocycles. The molecule has 0 saturated carbocycles. The molecule has 0 aliphatic rings. The second-order valence-corrected chi connectivity index (χ2v) is 8.17. The summed E-state index contributed by atoms with van der Waals surface area (Å²) in [7, 11) is 0. The summed E-state index contributed by atoms with van der Waals surface area (Å²) in [5.74, 6) is -4.07. The number of hydrogen-bond donors (Lipinski definition) is 0. The highest BCUT2D eigenvalue weighted by atomic mass is 32.2. The fraction of sp³-hybridized carbons (Fsp3) is 0.421. The van der Waals surface area contributed by atoms with Gasteiger partial charge in [0.15, 0.2) is 6.61 Å². The van der Waals surface area contributed by atoms with Crippen molar-refractivity contribution in [3.63, 3.8) is 0 Å². The number of hydrogen-bond acceptors (Lipinski definition) is 4. The lowest BCUT2D eigenvalue weighted by molar-refractivity contribution is -0.294. The largest absolute Gasteiger partial charge is 0.490 e. The summed E-state index contributed by atoms with van der Waals surface area (Å²) in [4.78, 5) is 6.30. The first-order valence-corrected chi connectivity index (χ1v) is 10.4. The molecule has 9 heteroatoms. The van der Waals surface area contributed by atoms with Crippen LogP contribution in [0.5, 0.6) is 0 Å². The van der Waals surface area contributed by atoms with Crippen LogP contribution in [0, 0.1) is 0 Å². The molecule has 154 valence electrons. The molecule has 0 spiro atoms. The first-order valence-electron chi connectivity index (χ1n) is 8.56. The van der Waals surface area contributed by atoms with E-state index in [9.17, 15) is 22.0 Å². The summed E-state index contributed by atoms with van der Waals surface area (Å²) in [5, 5.41) is 1.12. The van der Waals surface area contributed by atoms with Gasteiger partial charge in [0.05, 0.1) is 16.8 Å². The van der Waals surface area contributed by atoms with Crippen LogP contribution in [-0.2, 0) is 4.74 Å². The Morgan fingerprint density at radius 2 is 1.86 bits per heavy atom. The lowest BCUT2D eigenvalue weighted by Crippen LogP contribution is -2.40. The SMILES string of the molecule is CCSc1c(C(C)=N/C=C(\CC)OCC(F)(F)C(F)(F)F)sc2ccccc12. The van der Waals surface area contributed by atoms with Gasteiger partial charge in [0.2, 0.25) is 0 Å². The molecule has 0 radical (unpaired) electrons. The van der Waals surface area contributed by atoms with Crippen molar-refractivity contribution in [1.82, 2.24) is 0 Å². The first-order chi connectivity index (χ1) is 13.1. The number of thiophene rings is 1. The Kier molecular flexibility index (Phi) is 7.50. The highest BCUT2D eigenvalue weighted by Crippen LogP contribution is 2.39. The van der Waals surface area contributed by atoms with E-state index in [1.165, 1.54) is 6.20 Å². The maximum absolute atomic E-state index is 13.0. The number of aliphatic imine (C=N–C) groups is 1. The van der Waals surface area contributed by atoms with E-state index in [-0.39, 0.29) is 12.2 Å². The second-order valence-electron chi connectivity index (χ2n) is 5.84. The normalized spacial score (nSPS) is 14.0. The summed E-state index contributed by atoms with van der Waals surface area (Å²) < 4.78 is 68.6. The van der Waals surface area contributed by atoms with Crippen LogP contribution in [0.2, 0.25) is 0 Å². The maximum atomic E-state index is 13.0. The molecule has 1 aromatic carbocycles. The van der Waals surface area contributed by atoms with Crippen LogP contribution in [0.25, 0.3) is 10.1 Å². The summed E-state index contributed by atoms with van der Waals surface area (Å²) in [6.45, 7) is 3.65. The van der Waals surface area contributed by atoms with E-state index in [0.29, 0.717) is 5.71 Å². The van der Waals surface area contributed by atoms with Gasteiger partial charge in [-0.2, -0.15) is 22.0 Å². The van der Waals surface area contributed by atoms with Crippen LogP contribution >= 0.6 is 23.1 Å². The van der Waals surface area contributed by atoms with Crippen LogP contribution in [0.15, 0.2) is 46.1 Å². The van der Waals surface area contributed by atoms with Gasteiger partial charge in [0.25, 0.3) is 0 Å². The van der Waals surface area contributed by atoms with E-state index < -0.39 is 18.7 Å². The van der Waals surface area contributed by atoms with Gasteiger partial charge in [0.1, 0.15) is 5.76 Å². The Balaban J connectivity index is 2.26. The molecular formula is C19H20F5NOS2. The fourth-order valence-electron chi connectivity index (χ4n) is 2.27. The van der Waals surface area contributed by atoms with Gasteiger partial charge in [-0.05, 0) is 18.7 Å². The van der Waals surface area contributed by atoms with Crippen molar-refractivity contribution in [1.29, 1.82) is 0 Å². The predicted octanol–water partition coefficient (Wildman–Crippen LogP) is 7.29. The third-order valence-electron chi connectivity index (χ3n) is 3.77. The minimum atomic E-state index is -5.64. The van der Waals surface area contributed by atoms with E-state index in [1.54, 1.807) is 36.9 Å². The average molecular weight is 437 g/mol. The van der Waals surface area contributed by atoms with Gasteiger partial charge >= 0.3 is 12.1 Å². The van der Waals surface area contributed by atoms with Gasteiger partial charge in [-0.15, -0.1) is 23.1 Å². The molecule has 0 saturated heterocycles. The molecule has 0 N–H and O–H groups in total. The molecule has 1 heterocycles. The van der Waals surface area contributed by atoms with Crippen LogP contribution in [0.4, 0.5) is 22.0 Å². The van der Waals surface area contributed by atoms with Crippen molar-refractivity contribution in [3.05, 3.63) is 41.1 Å². The van der Waals surface area contributed by atoms with Crippen molar-refractivity contribution in [2.45, 2.75) is 44.2 Å². The number of halogens is 5. The summed E-state index contributed by atoms with van der Waals surface area (Å²) >= 11 is 3.24. The number of ether oxygens (including phenoxy) is 1. The van der Waals surface area contributed by atoms with Gasteiger partial charge < -0.3 is 4.74 Å². The van der Waals surface area contributed by atoms with E-state index in [1.807, 2.05) is 31.2 Å². The van der Waals surface area contributed by atoms with Crippen LogP contribution < -0.4 is 0 Å². The van der Waals surface area contributed by atoms with Crippen molar-refractivity contribution in [2.75, 3.05) is 12.4 Å². The quantitative estimate of drug-likeness (QED) is 0.187. The van der Waals surface area contributed by atoms with E-state index in [4.69, 9.17) is 0 Å². The van der Waals surface area contributed by atoms with E-state index in [0.717, 1.165) is 25.6 Å². The smallest absolute Gasteiger partial charge is 0.456 e. The second kappa shape index (κ2) is 9.26. The van der Waals surface area contributed by atoms with E-state index in [2.05, 4.69) is 9.73 Å². The zero-order valence-corrected chi connectivity index (χ0v) is 17.2. The van der Waals surface area contributed by atoms with Crippen molar-refractivity contribution < 1.29 is 26.7 Å². The number of fused-ring (bicyclic) bond motifs is 1. The zero-order chi connectivity index (χ0) is 20.9. The molecule has 1 aromatic heterocycles. The van der Waals surface area contributed by atoms with Gasteiger partial charge in [0, 0.05) is 21.4 Å². The molecular weight excluding hydrogens is 417 g/mol. The third kappa shape index (κ3) is 5.26. The summed E-state index contributed by atoms with van der Waals surface area (Å²) in [6, 6.07) is 7.93. The molecule has 2 rings (SSSR count). The Morgan fingerprint density at radius 3 is 2.46 bits per heavy atom. The molecule has 2 aromatic rings. The highest BCUT2D eigenvalue weighted by molar-refractivity contribution is 7.99. The van der Waals surface area contributed by atoms with Gasteiger partial charge in [-0.3, -0.25) is 4.99 Å². The fourth-order valence-corrected chi connectivity index (χ4v) is 4.59. The Bertz CT molecular complexity index is 871. The Morgan fingerprint density at radius 1 is 1.18 bits per heavy atom. The predicted molar refractivity (Wildman–Crippen MR) is 106 cm³/mol. The lowest BCUT2D eigenvalue weighted by atomic mass is 10.2. The number of benzene rings is 1. The van der Waals surface area contributed by atoms with Crippen LogP contribution in [0.3, 0.4) is 0 Å². The van der Waals surface area contributed by atoms with Gasteiger partial charge in [-0.1, -0.05) is 32.0 Å². The zero-order valence-electron chi connectivity index (χ0n) is 15.6. The number of rotatable bonds is 8. The monoisotopic (exact) mass is 437 g/mol. The molecule has 0 aliphatic carbocycles. The number of alkyl halides is 5. The number of allylic oxidation sites excluding steroid dienone is 1. The maximum Gasteiger partial charge on any atom is 0.456 e. The molecule has 0 fully saturated rings. The Labute approximate surface area is 168 Å². The summed E-state index contributed by atoms with van der Waals surface area (Å²) in [5.41, 5.74) is 0.647. The van der Waals surface area contributed by atoms with Crippen molar-refractivity contribution in [2.24, 2.45) is 4.99 Å². The molecule has 2 nitrogen and oxygen atoms in total. The van der Waals surface area contributed by atoms with Gasteiger partial charge in [-0.25, -0.2) is 0 Å². The minimum Gasteiger partial charge on any atom is -0.490 e. The van der Waals surface area contributed by atoms with Crippen molar-refractivity contribution >= 4 is 38.9 Å². The van der Waals surface area contributed by atoms with Crippen molar-refractivity contribution in [3.8, 4) is 0 Å². The molecule has 0 bridgehead atoms. The minimum absolute atomic E-state index is 0.0333.